The van der Waals surface area contributed by atoms with Crippen LogP contribution in [0, 0.1) is 0 Å². The van der Waals surface area contributed by atoms with Gasteiger partial charge in [0, 0.05) is 0 Å². The maximum Gasteiger partial charge on any atom is 0.323 e. The molecule has 0 aliphatic carbocycles. The average Bonchev–Trinajstić information content (AvgIpc) is 2.64. The molecule has 0 fully saturated rings. The largest absolute Gasteiger partial charge is 0.452 e. The van der Waals surface area contributed by atoms with Gasteiger partial charge >= 0.3 is 5.97 Å². The number of alkyl halides is 1. The first kappa shape index (κ1) is 21.9. The molecule has 2 rings (SSSR count). The highest BCUT2D eigenvalue weighted by Crippen LogP contribution is 2.37. The van der Waals surface area contributed by atoms with E-state index in [4.69, 9.17) is 9.16 Å². The molecule has 0 aromatic heterocycles. The molecule has 0 amide bonds. The molecule has 2 aromatic carbocycles. The van der Waals surface area contributed by atoms with Gasteiger partial charge in [-0.25, -0.2) is 0 Å². The van der Waals surface area contributed by atoms with Gasteiger partial charge in [0.2, 0.25) is 0 Å². The molecule has 0 heterocycles. The number of ether oxygens (including phenoxy) is 1. The number of rotatable bonds is 7. The minimum atomic E-state index is -1.92. The van der Waals surface area contributed by atoms with Gasteiger partial charge in [0.1, 0.15) is 4.83 Å². The topological polar surface area (TPSA) is 35.5 Å². The van der Waals surface area contributed by atoms with E-state index in [1.54, 1.807) is 0 Å². The molecule has 0 aliphatic rings. The number of benzene rings is 2. The molecule has 0 unspecified atom stereocenters. The van der Waals surface area contributed by atoms with Crippen LogP contribution in [-0.4, -0.2) is 25.7 Å². The van der Waals surface area contributed by atoms with Crippen molar-refractivity contribution in [2.45, 2.75) is 49.8 Å². The fourth-order valence-corrected chi connectivity index (χ4v) is 3.84. The number of carbonyl (C=O) groups is 1. The maximum absolute atomic E-state index is 12.7. The quantitative estimate of drug-likeness (QED) is 0.291. The van der Waals surface area contributed by atoms with Crippen LogP contribution in [0.1, 0.15) is 38.0 Å². The van der Waals surface area contributed by atoms with Crippen LogP contribution in [0.3, 0.4) is 0 Å². The Hall–Kier alpha value is -1.43. The number of esters is 1. The highest BCUT2D eigenvalue weighted by atomic mass is 79.9. The van der Waals surface area contributed by atoms with Gasteiger partial charge < -0.3 is 9.16 Å². The van der Waals surface area contributed by atoms with Crippen molar-refractivity contribution in [1.82, 2.24) is 0 Å². The second kappa shape index (κ2) is 9.17. The third-order valence-corrected chi connectivity index (χ3v) is 10.2. The summed E-state index contributed by atoms with van der Waals surface area (Å²) in [6, 6.07) is 19.6. The summed E-state index contributed by atoms with van der Waals surface area (Å²) in [6.07, 6.45) is -0.437. The Morgan fingerprint density at radius 1 is 0.963 bits per heavy atom. The Morgan fingerprint density at radius 2 is 1.41 bits per heavy atom. The van der Waals surface area contributed by atoms with E-state index in [0.717, 1.165) is 11.1 Å². The summed E-state index contributed by atoms with van der Waals surface area (Å²) in [4.78, 5) is 12.2. The monoisotopic (exact) mass is 448 g/mol. The van der Waals surface area contributed by atoms with E-state index in [1.807, 2.05) is 60.7 Å². The number of hydrogen-bond acceptors (Lipinski definition) is 3. The first-order chi connectivity index (χ1) is 12.6. The minimum absolute atomic E-state index is 0.0975. The Morgan fingerprint density at radius 3 is 1.81 bits per heavy atom. The molecule has 0 bridgehead atoms. The van der Waals surface area contributed by atoms with Crippen LogP contribution in [-0.2, 0) is 14.0 Å². The normalized spacial score (nSPS) is 13.4. The van der Waals surface area contributed by atoms with Gasteiger partial charge in [-0.15, -0.1) is 0 Å². The van der Waals surface area contributed by atoms with Crippen molar-refractivity contribution in [3.05, 3.63) is 71.8 Å². The molecule has 0 saturated heterocycles. The average molecular weight is 449 g/mol. The SMILES string of the molecule is CC(C)(C)[Si](C)(C)OC[C@H](Br)C(=O)OC(c1ccccc1)c1ccccc1. The second-order valence-corrected chi connectivity index (χ2v) is 14.1. The summed E-state index contributed by atoms with van der Waals surface area (Å²) < 4.78 is 12.0. The third-order valence-electron chi connectivity index (χ3n) is 5.09. The molecule has 0 radical (unpaired) electrons. The van der Waals surface area contributed by atoms with Crippen molar-refractivity contribution in [2.24, 2.45) is 0 Å². The van der Waals surface area contributed by atoms with Crippen LogP contribution < -0.4 is 0 Å². The lowest BCUT2D eigenvalue weighted by molar-refractivity contribution is -0.147. The fourth-order valence-electron chi connectivity index (χ4n) is 2.34. The van der Waals surface area contributed by atoms with Gasteiger partial charge in [0.05, 0.1) is 6.61 Å². The Labute approximate surface area is 172 Å². The van der Waals surface area contributed by atoms with E-state index in [0.29, 0.717) is 6.61 Å². The molecule has 1 atom stereocenters. The molecule has 0 spiro atoms. The standard InChI is InChI=1S/C22H29BrO3Si/c1-22(2,3)27(4,5)25-16-19(23)21(24)26-20(17-12-8-6-9-13-17)18-14-10-7-11-15-18/h6-15,19-20H,16H2,1-5H3/t19-/m0/s1. The molecule has 0 N–H and O–H groups in total. The molecule has 3 nitrogen and oxygen atoms in total. The van der Waals surface area contributed by atoms with Crippen LogP contribution in [0.4, 0.5) is 0 Å². The molecule has 27 heavy (non-hydrogen) atoms. The Balaban J connectivity index is 2.10. The van der Waals surface area contributed by atoms with Gasteiger partial charge in [0.25, 0.3) is 0 Å². The van der Waals surface area contributed by atoms with E-state index in [9.17, 15) is 4.79 Å². The van der Waals surface area contributed by atoms with Crippen molar-refractivity contribution in [3.8, 4) is 0 Å². The van der Waals surface area contributed by atoms with E-state index in [2.05, 4.69) is 49.8 Å². The maximum atomic E-state index is 12.7. The predicted octanol–water partition coefficient (Wildman–Crippen LogP) is 6.10. The van der Waals surface area contributed by atoms with Crippen LogP contribution in [0.5, 0.6) is 0 Å². The lowest BCUT2D eigenvalue weighted by Crippen LogP contribution is -2.43. The van der Waals surface area contributed by atoms with Crippen LogP contribution in [0.25, 0.3) is 0 Å². The predicted molar refractivity (Wildman–Crippen MR) is 117 cm³/mol. The van der Waals surface area contributed by atoms with E-state index < -0.39 is 19.2 Å². The fraction of sp³-hybridized carbons (Fsp3) is 0.409. The lowest BCUT2D eigenvalue weighted by atomic mass is 10.0. The van der Waals surface area contributed by atoms with E-state index in [1.165, 1.54) is 0 Å². The summed E-state index contributed by atoms with van der Waals surface area (Å²) in [5.74, 6) is -0.314. The molecule has 0 saturated carbocycles. The van der Waals surface area contributed by atoms with Crippen LogP contribution in [0.15, 0.2) is 60.7 Å². The zero-order valence-corrected chi connectivity index (χ0v) is 19.3. The van der Waals surface area contributed by atoms with Crippen molar-refractivity contribution < 1.29 is 14.0 Å². The molecule has 2 aromatic rings. The smallest absolute Gasteiger partial charge is 0.323 e. The Bertz CT molecular complexity index is 687. The summed E-state index contributed by atoms with van der Waals surface area (Å²) in [5, 5.41) is 0.0975. The lowest BCUT2D eigenvalue weighted by Gasteiger charge is -2.36. The summed E-state index contributed by atoms with van der Waals surface area (Å²) in [5.41, 5.74) is 1.89. The van der Waals surface area contributed by atoms with Gasteiger partial charge in [-0.2, -0.15) is 0 Å². The van der Waals surface area contributed by atoms with Crippen LogP contribution >= 0.6 is 15.9 Å². The number of halogens is 1. The summed E-state index contributed by atoms with van der Waals surface area (Å²) >= 11 is 3.46. The summed E-state index contributed by atoms with van der Waals surface area (Å²) in [6.45, 7) is 11.2. The highest BCUT2D eigenvalue weighted by Gasteiger charge is 2.38. The number of hydrogen-bond donors (Lipinski definition) is 0. The minimum Gasteiger partial charge on any atom is -0.452 e. The molecular weight excluding hydrogens is 420 g/mol. The summed E-state index contributed by atoms with van der Waals surface area (Å²) in [7, 11) is -1.92. The molecule has 5 heteroatoms. The van der Waals surface area contributed by atoms with Gasteiger partial charge in [-0.05, 0) is 29.3 Å². The van der Waals surface area contributed by atoms with Gasteiger partial charge in [-0.3, -0.25) is 4.79 Å². The van der Waals surface area contributed by atoms with Gasteiger partial charge in [-0.1, -0.05) is 97.4 Å². The Kier molecular flexibility index (Phi) is 7.43. The van der Waals surface area contributed by atoms with Gasteiger partial charge in [0.15, 0.2) is 14.4 Å². The third kappa shape index (κ3) is 6.03. The van der Waals surface area contributed by atoms with Crippen molar-refractivity contribution in [3.63, 3.8) is 0 Å². The van der Waals surface area contributed by atoms with E-state index in [-0.39, 0.29) is 11.0 Å². The number of carbonyl (C=O) groups excluding carboxylic acids is 1. The zero-order valence-electron chi connectivity index (χ0n) is 16.7. The molecule has 146 valence electrons. The zero-order chi connectivity index (χ0) is 20.1. The first-order valence-electron chi connectivity index (χ1n) is 9.20. The van der Waals surface area contributed by atoms with Crippen molar-refractivity contribution >= 4 is 30.2 Å². The molecular formula is C22H29BrO3Si. The highest BCUT2D eigenvalue weighted by molar-refractivity contribution is 9.10. The van der Waals surface area contributed by atoms with Crippen LogP contribution in [0.2, 0.25) is 18.1 Å². The first-order valence-corrected chi connectivity index (χ1v) is 13.0. The van der Waals surface area contributed by atoms with Crippen molar-refractivity contribution in [2.75, 3.05) is 6.61 Å². The second-order valence-electron chi connectivity index (χ2n) is 8.18. The van der Waals surface area contributed by atoms with E-state index >= 15 is 0 Å². The molecule has 0 aliphatic heterocycles. The van der Waals surface area contributed by atoms with Crippen molar-refractivity contribution in [1.29, 1.82) is 0 Å².